The zero-order chi connectivity index (χ0) is 11.6. The van der Waals surface area contributed by atoms with Crippen molar-refractivity contribution in [2.75, 3.05) is 18.1 Å². The van der Waals surface area contributed by atoms with E-state index in [1.165, 1.54) is 0 Å². The SMILES string of the molecule is CSc1ccccc1NC(=O)C1(CN)CC1. The molecule has 0 aromatic heterocycles. The summed E-state index contributed by atoms with van der Waals surface area (Å²) in [5, 5.41) is 2.98. The summed E-state index contributed by atoms with van der Waals surface area (Å²) >= 11 is 1.63. The third-order valence-electron chi connectivity index (χ3n) is 3.08. The molecule has 0 bridgehead atoms. The first kappa shape index (κ1) is 11.5. The Balaban J connectivity index is 2.12. The Morgan fingerprint density at radius 1 is 1.50 bits per heavy atom. The van der Waals surface area contributed by atoms with Crippen molar-refractivity contribution in [3.63, 3.8) is 0 Å². The van der Waals surface area contributed by atoms with Gasteiger partial charge < -0.3 is 11.1 Å². The van der Waals surface area contributed by atoms with Crippen LogP contribution in [0.15, 0.2) is 29.2 Å². The second kappa shape index (κ2) is 4.47. The molecule has 4 heteroatoms. The smallest absolute Gasteiger partial charge is 0.231 e. The standard InChI is InChI=1S/C12H16N2OS/c1-16-10-5-3-2-4-9(10)14-11(15)12(8-13)6-7-12/h2-5H,6-8,13H2,1H3,(H,14,15). The highest BCUT2D eigenvalue weighted by atomic mass is 32.2. The van der Waals surface area contributed by atoms with Crippen LogP contribution in [0.25, 0.3) is 0 Å². The Bertz CT molecular complexity index is 402. The molecule has 1 aromatic rings. The Morgan fingerprint density at radius 2 is 2.19 bits per heavy atom. The van der Waals surface area contributed by atoms with Gasteiger partial charge in [-0.1, -0.05) is 12.1 Å². The van der Waals surface area contributed by atoms with Gasteiger partial charge in [0, 0.05) is 11.4 Å². The molecular weight excluding hydrogens is 220 g/mol. The summed E-state index contributed by atoms with van der Waals surface area (Å²) in [7, 11) is 0. The lowest BCUT2D eigenvalue weighted by atomic mass is 10.1. The lowest BCUT2D eigenvalue weighted by Gasteiger charge is -2.14. The second-order valence-electron chi connectivity index (χ2n) is 4.14. The summed E-state index contributed by atoms with van der Waals surface area (Å²) in [6.45, 7) is 0.445. The van der Waals surface area contributed by atoms with Crippen LogP contribution in [0.4, 0.5) is 5.69 Å². The van der Waals surface area contributed by atoms with Crippen LogP contribution in [-0.2, 0) is 4.79 Å². The summed E-state index contributed by atoms with van der Waals surface area (Å²) in [6, 6.07) is 7.83. The monoisotopic (exact) mass is 236 g/mol. The number of anilines is 1. The van der Waals surface area contributed by atoms with Crippen LogP contribution in [0, 0.1) is 5.41 Å². The van der Waals surface area contributed by atoms with Gasteiger partial charge in [-0.3, -0.25) is 4.79 Å². The topological polar surface area (TPSA) is 55.1 Å². The molecule has 0 unspecified atom stereocenters. The molecule has 3 nitrogen and oxygen atoms in total. The van der Waals surface area contributed by atoms with Crippen molar-refractivity contribution in [3.8, 4) is 0 Å². The molecule has 1 fully saturated rings. The minimum Gasteiger partial charge on any atom is -0.329 e. The van der Waals surface area contributed by atoms with Crippen molar-refractivity contribution < 1.29 is 4.79 Å². The van der Waals surface area contributed by atoms with Crippen molar-refractivity contribution in [2.45, 2.75) is 17.7 Å². The number of carbonyl (C=O) groups is 1. The molecule has 2 rings (SSSR count). The fourth-order valence-corrected chi connectivity index (χ4v) is 2.23. The van der Waals surface area contributed by atoms with Gasteiger partial charge in [0.1, 0.15) is 0 Å². The summed E-state index contributed by atoms with van der Waals surface area (Å²) in [4.78, 5) is 13.1. The van der Waals surface area contributed by atoms with Crippen molar-refractivity contribution in [1.29, 1.82) is 0 Å². The van der Waals surface area contributed by atoms with Crippen LogP contribution >= 0.6 is 11.8 Å². The van der Waals surface area contributed by atoms with Gasteiger partial charge in [0.25, 0.3) is 0 Å². The van der Waals surface area contributed by atoms with E-state index in [0.717, 1.165) is 23.4 Å². The molecule has 86 valence electrons. The second-order valence-corrected chi connectivity index (χ2v) is 4.99. The highest BCUT2D eigenvalue weighted by molar-refractivity contribution is 7.98. The van der Waals surface area contributed by atoms with Gasteiger partial charge in [-0.05, 0) is 31.2 Å². The average molecular weight is 236 g/mol. The zero-order valence-electron chi connectivity index (χ0n) is 9.32. The molecule has 0 atom stereocenters. The maximum atomic E-state index is 12.0. The lowest BCUT2D eigenvalue weighted by molar-refractivity contribution is -0.120. The van der Waals surface area contributed by atoms with E-state index < -0.39 is 0 Å². The summed E-state index contributed by atoms with van der Waals surface area (Å²) in [5.41, 5.74) is 6.23. The number of nitrogens with one attached hydrogen (secondary N) is 1. The van der Waals surface area contributed by atoms with Crippen LogP contribution in [0.1, 0.15) is 12.8 Å². The maximum absolute atomic E-state index is 12.0. The maximum Gasteiger partial charge on any atom is 0.231 e. The highest BCUT2D eigenvalue weighted by Crippen LogP contribution is 2.45. The predicted molar refractivity (Wildman–Crippen MR) is 67.6 cm³/mol. The molecule has 16 heavy (non-hydrogen) atoms. The van der Waals surface area contributed by atoms with Gasteiger partial charge >= 0.3 is 0 Å². The number of para-hydroxylation sites is 1. The molecule has 1 amide bonds. The number of nitrogens with two attached hydrogens (primary N) is 1. The molecule has 0 radical (unpaired) electrons. The van der Waals surface area contributed by atoms with Crippen molar-refractivity contribution in [2.24, 2.45) is 11.1 Å². The lowest BCUT2D eigenvalue weighted by Crippen LogP contribution is -2.30. The van der Waals surface area contributed by atoms with Crippen LogP contribution in [0.2, 0.25) is 0 Å². The van der Waals surface area contributed by atoms with Crippen LogP contribution in [0.5, 0.6) is 0 Å². The van der Waals surface area contributed by atoms with Crippen LogP contribution < -0.4 is 11.1 Å². The fourth-order valence-electron chi connectivity index (χ4n) is 1.68. The third-order valence-corrected chi connectivity index (χ3v) is 3.88. The number of amides is 1. The molecule has 0 saturated heterocycles. The van der Waals surface area contributed by atoms with E-state index in [2.05, 4.69) is 5.32 Å². The molecule has 1 aliphatic rings. The Labute approximate surface area is 99.8 Å². The third kappa shape index (κ3) is 2.08. The average Bonchev–Trinajstić information content (AvgIpc) is 3.10. The van der Waals surface area contributed by atoms with Crippen LogP contribution in [-0.4, -0.2) is 18.7 Å². The van der Waals surface area contributed by atoms with E-state index >= 15 is 0 Å². The molecule has 1 aliphatic carbocycles. The highest BCUT2D eigenvalue weighted by Gasteiger charge is 2.48. The van der Waals surface area contributed by atoms with Gasteiger partial charge in [0.05, 0.1) is 11.1 Å². The van der Waals surface area contributed by atoms with E-state index in [-0.39, 0.29) is 11.3 Å². The predicted octanol–water partition coefficient (Wildman–Crippen LogP) is 2.09. The van der Waals surface area contributed by atoms with Gasteiger partial charge in [-0.25, -0.2) is 0 Å². The molecule has 0 heterocycles. The number of hydrogen-bond donors (Lipinski definition) is 2. The number of carbonyl (C=O) groups excluding carboxylic acids is 1. The summed E-state index contributed by atoms with van der Waals surface area (Å²) in [6.07, 6.45) is 3.83. The van der Waals surface area contributed by atoms with Crippen LogP contribution in [0.3, 0.4) is 0 Å². The van der Waals surface area contributed by atoms with Crippen molar-refractivity contribution >= 4 is 23.4 Å². The normalized spacial score (nSPS) is 16.9. The van der Waals surface area contributed by atoms with Crippen molar-refractivity contribution in [1.82, 2.24) is 0 Å². The van der Waals surface area contributed by atoms with E-state index in [4.69, 9.17) is 5.73 Å². The van der Waals surface area contributed by atoms with Gasteiger partial charge in [0.15, 0.2) is 0 Å². The molecule has 0 aliphatic heterocycles. The quantitative estimate of drug-likeness (QED) is 0.787. The minimum atomic E-state index is -0.286. The van der Waals surface area contributed by atoms with Crippen molar-refractivity contribution in [3.05, 3.63) is 24.3 Å². The van der Waals surface area contributed by atoms with Gasteiger partial charge in [0.2, 0.25) is 5.91 Å². The Morgan fingerprint density at radius 3 is 2.75 bits per heavy atom. The first-order chi connectivity index (χ1) is 7.72. The zero-order valence-corrected chi connectivity index (χ0v) is 10.1. The van der Waals surface area contributed by atoms with E-state index in [9.17, 15) is 4.79 Å². The van der Waals surface area contributed by atoms with Gasteiger partial charge in [-0.15, -0.1) is 11.8 Å². The number of rotatable bonds is 4. The fraction of sp³-hybridized carbons (Fsp3) is 0.417. The number of benzene rings is 1. The first-order valence-corrected chi connectivity index (χ1v) is 6.59. The molecule has 1 aromatic carbocycles. The van der Waals surface area contributed by atoms with E-state index in [0.29, 0.717) is 6.54 Å². The van der Waals surface area contributed by atoms with Gasteiger partial charge in [-0.2, -0.15) is 0 Å². The summed E-state index contributed by atoms with van der Waals surface area (Å²) in [5.74, 6) is 0.0662. The first-order valence-electron chi connectivity index (χ1n) is 5.36. The number of thioether (sulfide) groups is 1. The number of hydrogen-bond acceptors (Lipinski definition) is 3. The minimum absolute atomic E-state index is 0.0662. The molecule has 0 spiro atoms. The van der Waals surface area contributed by atoms with E-state index in [1.54, 1.807) is 11.8 Å². The molecular formula is C12H16N2OS. The molecule has 3 N–H and O–H groups in total. The molecule has 1 saturated carbocycles. The largest absolute Gasteiger partial charge is 0.329 e. The summed E-state index contributed by atoms with van der Waals surface area (Å²) < 4.78 is 0. The Hall–Kier alpha value is -1.00. The Kier molecular flexibility index (Phi) is 3.21. The van der Waals surface area contributed by atoms with E-state index in [1.807, 2.05) is 30.5 Å².